The molecule has 10 heteroatoms. The molecule has 0 bridgehead atoms. The number of nitrogens with one attached hydrogen (secondary N) is 1. The van der Waals surface area contributed by atoms with Crippen molar-refractivity contribution in [3.05, 3.63) is 47.5 Å². The van der Waals surface area contributed by atoms with E-state index in [-0.39, 0.29) is 36.4 Å². The lowest BCUT2D eigenvalue weighted by molar-refractivity contribution is 0.0843. The maximum Gasteiger partial charge on any atom is 0.251 e. The summed E-state index contributed by atoms with van der Waals surface area (Å²) >= 11 is 0. The van der Waals surface area contributed by atoms with Gasteiger partial charge in [0, 0.05) is 30.8 Å². The first kappa shape index (κ1) is 24.3. The first-order valence-electron chi connectivity index (χ1n) is 11.4. The second-order valence-corrected chi connectivity index (χ2v) is 10.5. The minimum Gasteiger partial charge on any atom is -0.491 e. The van der Waals surface area contributed by atoms with Gasteiger partial charge in [-0.3, -0.25) is 4.79 Å². The van der Waals surface area contributed by atoms with Gasteiger partial charge in [-0.15, -0.1) is 0 Å². The van der Waals surface area contributed by atoms with E-state index in [1.54, 1.807) is 31.2 Å². The molecule has 2 aliphatic heterocycles. The first-order valence-corrected chi connectivity index (χ1v) is 12.8. The van der Waals surface area contributed by atoms with E-state index >= 15 is 0 Å². The maximum absolute atomic E-state index is 13.2. The number of amides is 1. The molecule has 2 N–H and O–H groups in total. The number of aryl methyl sites for hydroxylation is 1. The molecule has 0 aliphatic carbocycles. The molecule has 0 radical (unpaired) electrons. The van der Waals surface area contributed by atoms with E-state index in [0.29, 0.717) is 29.4 Å². The van der Waals surface area contributed by atoms with Crippen LogP contribution in [0.25, 0.3) is 0 Å². The van der Waals surface area contributed by atoms with Crippen LogP contribution in [0.2, 0.25) is 0 Å². The van der Waals surface area contributed by atoms with Crippen LogP contribution >= 0.6 is 0 Å². The van der Waals surface area contributed by atoms with Crippen LogP contribution in [-0.4, -0.2) is 62.4 Å². The number of hydrogen-bond donors (Lipinski definition) is 2. The number of rotatable bonds is 8. The lowest BCUT2D eigenvalue weighted by Crippen LogP contribution is -2.42. The van der Waals surface area contributed by atoms with Gasteiger partial charge in [0.2, 0.25) is 16.8 Å². The van der Waals surface area contributed by atoms with E-state index in [4.69, 9.17) is 14.2 Å². The number of carbonyl (C=O) groups is 1. The molecule has 1 fully saturated rings. The Hall–Kier alpha value is -2.82. The summed E-state index contributed by atoms with van der Waals surface area (Å²) in [5, 5.41) is 12.9. The summed E-state index contributed by atoms with van der Waals surface area (Å²) in [5.41, 5.74) is 0.906. The smallest absolute Gasteiger partial charge is 0.251 e. The van der Waals surface area contributed by atoms with Crippen molar-refractivity contribution < 1.29 is 32.5 Å². The molecule has 4 rings (SSSR count). The number of carbonyl (C=O) groups excluding carboxylic acids is 1. The van der Waals surface area contributed by atoms with E-state index in [1.165, 1.54) is 16.4 Å². The Balaban J connectivity index is 1.36. The number of ether oxygens (including phenoxy) is 3. The number of fused-ring (bicyclic) bond motifs is 1. The molecule has 2 aliphatic rings. The number of piperidine rings is 1. The van der Waals surface area contributed by atoms with Crippen LogP contribution in [0.3, 0.4) is 0 Å². The summed E-state index contributed by atoms with van der Waals surface area (Å²) in [4.78, 5) is 12.9. The van der Waals surface area contributed by atoms with Crippen LogP contribution in [0.15, 0.2) is 41.3 Å². The summed E-state index contributed by atoms with van der Waals surface area (Å²) in [6, 6.07) is 9.62. The highest BCUT2D eigenvalue weighted by atomic mass is 32.2. The van der Waals surface area contributed by atoms with Gasteiger partial charge in [0.05, 0.1) is 4.90 Å². The number of aliphatic hydroxyl groups is 1. The quantitative estimate of drug-likeness (QED) is 0.584. The third kappa shape index (κ3) is 5.29. The van der Waals surface area contributed by atoms with Gasteiger partial charge in [0.1, 0.15) is 18.5 Å². The monoisotopic (exact) mass is 490 g/mol. The Morgan fingerprint density at radius 3 is 2.79 bits per heavy atom. The van der Waals surface area contributed by atoms with E-state index in [1.807, 2.05) is 6.92 Å². The number of aliphatic hydroxyl groups excluding tert-OH is 1. The average molecular weight is 491 g/mol. The fourth-order valence-corrected chi connectivity index (χ4v) is 5.82. The zero-order chi connectivity index (χ0) is 24.3. The van der Waals surface area contributed by atoms with Crippen molar-refractivity contribution >= 4 is 15.9 Å². The predicted octanol–water partition coefficient (Wildman–Crippen LogP) is 2.46. The van der Waals surface area contributed by atoms with Crippen molar-refractivity contribution in [1.82, 2.24) is 9.62 Å². The molecule has 2 aromatic carbocycles. The lowest BCUT2D eigenvalue weighted by atomic mass is 10.1. The number of nitrogens with zero attached hydrogens (tertiary/aromatic N) is 1. The van der Waals surface area contributed by atoms with Crippen molar-refractivity contribution in [2.24, 2.45) is 0 Å². The van der Waals surface area contributed by atoms with Gasteiger partial charge in [-0.1, -0.05) is 12.5 Å². The molecule has 1 saturated heterocycles. The normalized spacial score (nSPS) is 19.0. The largest absolute Gasteiger partial charge is 0.491 e. The number of sulfonamides is 1. The van der Waals surface area contributed by atoms with Crippen LogP contribution in [0.4, 0.5) is 0 Å². The molecular weight excluding hydrogens is 460 g/mol. The van der Waals surface area contributed by atoms with E-state index in [0.717, 1.165) is 19.3 Å². The summed E-state index contributed by atoms with van der Waals surface area (Å²) in [6.45, 7) is 4.20. The Morgan fingerprint density at radius 2 is 2.00 bits per heavy atom. The van der Waals surface area contributed by atoms with Crippen molar-refractivity contribution in [3.8, 4) is 17.2 Å². The highest BCUT2D eigenvalue weighted by Gasteiger charge is 2.31. The maximum atomic E-state index is 13.2. The van der Waals surface area contributed by atoms with Gasteiger partial charge in [-0.05, 0) is 56.5 Å². The molecule has 2 heterocycles. The molecule has 2 atom stereocenters. The Labute approximate surface area is 199 Å². The summed E-state index contributed by atoms with van der Waals surface area (Å²) in [7, 11) is -3.69. The van der Waals surface area contributed by atoms with Crippen LogP contribution in [0.1, 0.15) is 42.1 Å². The molecule has 2 aromatic rings. The zero-order valence-corrected chi connectivity index (χ0v) is 20.1. The van der Waals surface area contributed by atoms with Crippen LogP contribution in [0.5, 0.6) is 17.2 Å². The SMILES string of the molecule is Cc1ccc(S(=O)(=O)N2CCCCC2C)cc1C(=O)NCC(O)COc1ccc2c(c1)OCO2. The lowest BCUT2D eigenvalue weighted by Gasteiger charge is -2.32. The second-order valence-electron chi connectivity index (χ2n) is 8.63. The minimum atomic E-state index is -3.69. The van der Waals surface area contributed by atoms with E-state index < -0.39 is 22.0 Å². The van der Waals surface area contributed by atoms with E-state index in [2.05, 4.69) is 5.32 Å². The summed E-state index contributed by atoms with van der Waals surface area (Å²) in [5.74, 6) is 1.26. The van der Waals surface area contributed by atoms with Crippen molar-refractivity contribution in [3.63, 3.8) is 0 Å². The van der Waals surface area contributed by atoms with Crippen molar-refractivity contribution in [2.75, 3.05) is 26.5 Å². The number of hydrogen-bond acceptors (Lipinski definition) is 7. The standard InChI is InChI=1S/C24H30N2O7S/c1-16-6-8-20(34(29,30)26-10-4-3-5-17(26)2)12-21(16)24(28)25-13-18(27)14-31-19-7-9-22-23(11-19)33-15-32-22/h6-9,11-12,17-18,27H,3-5,10,13-15H2,1-2H3,(H,25,28). The Kier molecular flexibility index (Phi) is 7.30. The average Bonchev–Trinajstić information content (AvgIpc) is 3.29. The third-order valence-electron chi connectivity index (χ3n) is 6.09. The molecule has 34 heavy (non-hydrogen) atoms. The molecule has 0 saturated carbocycles. The minimum absolute atomic E-state index is 0.0415. The highest BCUT2D eigenvalue weighted by molar-refractivity contribution is 7.89. The molecule has 0 aromatic heterocycles. The highest BCUT2D eigenvalue weighted by Crippen LogP contribution is 2.35. The fraction of sp³-hybridized carbons (Fsp3) is 0.458. The van der Waals surface area contributed by atoms with Crippen LogP contribution < -0.4 is 19.5 Å². The van der Waals surface area contributed by atoms with Gasteiger partial charge < -0.3 is 24.6 Å². The third-order valence-corrected chi connectivity index (χ3v) is 8.10. The molecule has 0 spiro atoms. The van der Waals surface area contributed by atoms with E-state index in [9.17, 15) is 18.3 Å². The Bertz CT molecular complexity index is 1150. The molecule has 1 amide bonds. The van der Waals surface area contributed by atoms with Crippen molar-refractivity contribution in [2.45, 2.75) is 50.2 Å². The van der Waals surface area contributed by atoms with Gasteiger partial charge in [-0.25, -0.2) is 8.42 Å². The fourth-order valence-electron chi connectivity index (χ4n) is 4.09. The predicted molar refractivity (Wildman–Crippen MR) is 125 cm³/mol. The zero-order valence-electron chi connectivity index (χ0n) is 19.3. The van der Waals surface area contributed by atoms with Gasteiger partial charge in [0.25, 0.3) is 5.91 Å². The molecule has 184 valence electrons. The molecule has 9 nitrogen and oxygen atoms in total. The summed E-state index contributed by atoms with van der Waals surface area (Å²) in [6.07, 6.45) is 1.70. The molecule has 2 unspecified atom stereocenters. The van der Waals surface area contributed by atoms with Crippen molar-refractivity contribution in [1.29, 1.82) is 0 Å². The van der Waals surface area contributed by atoms with Gasteiger partial charge in [0.15, 0.2) is 11.5 Å². The van der Waals surface area contributed by atoms with Crippen LogP contribution in [0, 0.1) is 6.92 Å². The second kappa shape index (κ2) is 10.2. The summed E-state index contributed by atoms with van der Waals surface area (Å²) < 4.78 is 44.0. The van der Waals surface area contributed by atoms with Gasteiger partial charge in [-0.2, -0.15) is 4.31 Å². The number of benzene rings is 2. The first-order chi connectivity index (χ1) is 16.3. The topological polar surface area (TPSA) is 114 Å². The Morgan fingerprint density at radius 1 is 1.21 bits per heavy atom. The molecular formula is C24H30N2O7S. The van der Waals surface area contributed by atoms with Crippen LogP contribution in [-0.2, 0) is 10.0 Å². The van der Waals surface area contributed by atoms with Gasteiger partial charge >= 0.3 is 0 Å².